The average Bonchev–Trinajstić information content (AvgIpc) is 2.54. The molecular weight excluding hydrogens is 326 g/mol. The highest BCUT2D eigenvalue weighted by atomic mass is 32.2. The number of hydrogen-bond donors (Lipinski definition) is 2. The molecule has 0 saturated carbocycles. The van der Waals surface area contributed by atoms with Crippen molar-refractivity contribution in [2.45, 2.75) is 50.0 Å². The summed E-state index contributed by atoms with van der Waals surface area (Å²) in [6.45, 7) is 7.33. The number of para-hydroxylation sites is 1. The third-order valence-electron chi connectivity index (χ3n) is 4.91. The Kier molecular flexibility index (Phi) is 5.02. The summed E-state index contributed by atoms with van der Waals surface area (Å²) in [4.78, 5) is 0. The Balaban J connectivity index is 1.94. The van der Waals surface area contributed by atoms with Gasteiger partial charge < -0.3 is 14.6 Å². The summed E-state index contributed by atoms with van der Waals surface area (Å²) in [7, 11) is -1.23. The van der Waals surface area contributed by atoms with Crippen LogP contribution in [0, 0.1) is 5.92 Å². The van der Waals surface area contributed by atoms with Crippen molar-refractivity contribution >= 4 is 11.0 Å². The largest absolute Gasteiger partial charge is 0.493 e. The number of nitrogens with one attached hydrogen (secondary N) is 1. The summed E-state index contributed by atoms with van der Waals surface area (Å²) >= 11 is 0. The molecule has 1 unspecified atom stereocenters. The van der Waals surface area contributed by atoms with E-state index in [4.69, 9.17) is 9.47 Å². The Hall–Kier alpha value is -0.950. The first-order valence-electron chi connectivity index (χ1n) is 8.51. The van der Waals surface area contributed by atoms with Crippen LogP contribution in [0.15, 0.2) is 24.3 Å². The molecule has 2 heterocycles. The maximum atomic E-state index is 12.7. The summed E-state index contributed by atoms with van der Waals surface area (Å²) in [5, 5.41) is 11.2. The number of ether oxygens (including phenoxy) is 2. The van der Waals surface area contributed by atoms with Crippen LogP contribution in [0.5, 0.6) is 5.75 Å². The highest BCUT2D eigenvalue weighted by Crippen LogP contribution is 2.44. The molecule has 6 heteroatoms. The van der Waals surface area contributed by atoms with Crippen LogP contribution in [0.25, 0.3) is 0 Å². The summed E-state index contributed by atoms with van der Waals surface area (Å²) in [6, 6.07) is 7.58. The predicted molar refractivity (Wildman–Crippen MR) is 94.2 cm³/mol. The lowest BCUT2D eigenvalue weighted by molar-refractivity contribution is -0.119. The fraction of sp³-hybridized carbons (Fsp3) is 0.667. The van der Waals surface area contributed by atoms with Gasteiger partial charge in [-0.2, -0.15) is 0 Å². The molecule has 0 aliphatic carbocycles. The molecule has 0 spiro atoms. The Morgan fingerprint density at radius 1 is 1.25 bits per heavy atom. The highest BCUT2D eigenvalue weighted by molar-refractivity contribution is 7.84. The van der Waals surface area contributed by atoms with Crippen molar-refractivity contribution in [2.24, 2.45) is 5.92 Å². The zero-order valence-electron chi connectivity index (χ0n) is 14.6. The second kappa shape index (κ2) is 6.75. The van der Waals surface area contributed by atoms with Gasteiger partial charge in [0.1, 0.15) is 5.75 Å². The maximum Gasteiger partial charge on any atom is 0.124 e. The maximum absolute atomic E-state index is 12.7. The molecule has 1 aromatic carbocycles. The number of fused-ring (bicyclic) bond motifs is 1. The smallest absolute Gasteiger partial charge is 0.124 e. The fourth-order valence-electron chi connectivity index (χ4n) is 3.36. The van der Waals surface area contributed by atoms with E-state index in [1.807, 2.05) is 45.0 Å². The minimum Gasteiger partial charge on any atom is -0.493 e. The standard InChI is InChI=1S/C18H27NO4S/c1-17(2,3)24(21)19-16-13-6-4-5-7-15(13)23-12-14(16)18(20)8-10-22-11-9-18/h4-7,14,16,19-20H,8-12H2,1-3H3/t14-,16?,24-/m0/s1. The summed E-state index contributed by atoms with van der Waals surface area (Å²) in [5.41, 5.74) is 0.0946. The van der Waals surface area contributed by atoms with Gasteiger partial charge in [-0.3, -0.25) is 0 Å². The lowest BCUT2D eigenvalue weighted by Gasteiger charge is -2.45. The van der Waals surface area contributed by atoms with Crippen molar-refractivity contribution < 1.29 is 18.8 Å². The molecule has 0 amide bonds. The van der Waals surface area contributed by atoms with E-state index in [1.165, 1.54) is 0 Å². The first-order valence-corrected chi connectivity index (χ1v) is 9.66. The van der Waals surface area contributed by atoms with Gasteiger partial charge in [-0.05, 0) is 26.8 Å². The summed E-state index contributed by atoms with van der Waals surface area (Å²) < 4.78 is 27.0. The van der Waals surface area contributed by atoms with Gasteiger partial charge in [0.2, 0.25) is 0 Å². The Bertz CT molecular complexity index is 607. The van der Waals surface area contributed by atoms with Gasteiger partial charge in [-0.1, -0.05) is 18.2 Å². The van der Waals surface area contributed by atoms with Crippen molar-refractivity contribution in [3.8, 4) is 5.75 Å². The van der Waals surface area contributed by atoms with Crippen LogP contribution in [0.4, 0.5) is 0 Å². The molecular formula is C18H27NO4S. The van der Waals surface area contributed by atoms with Crippen molar-refractivity contribution in [3.05, 3.63) is 29.8 Å². The van der Waals surface area contributed by atoms with Crippen LogP contribution < -0.4 is 9.46 Å². The third-order valence-corrected chi connectivity index (χ3v) is 6.49. The molecule has 5 nitrogen and oxygen atoms in total. The lowest BCUT2D eigenvalue weighted by Crippen LogP contribution is -2.53. The van der Waals surface area contributed by atoms with Crippen LogP contribution >= 0.6 is 0 Å². The number of rotatable bonds is 3. The molecule has 0 aromatic heterocycles. The third kappa shape index (κ3) is 3.52. The zero-order chi connectivity index (χ0) is 17.4. The second-order valence-electron chi connectivity index (χ2n) is 7.65. The van der Waals surface area contributed by atoms with Crippen LogP contribution in [0.2, 0.25) is 0 Å². The first kappa shape index (κ1) is 17.9. The molecule has 24 heavy (non-hydrogen) atoms. The normalized spacial score (nSPS) is 27.8. The Labute approximate surface area is 146 Å². The fourth-order valence-corrected chi connectivity index (χ4v) is 4.24. The summed E-state index contributed by atoms with van der Waals surface area (Å²) in [5.74, 6) is 0.635. The van der Waals surface area contributed by atoms with E-state index in [0.717, 1.165) is 11.3 Å². The van der Waals surface area contributed by atoms with Gasteiger partial charge in [-0.25, -0.2) is 8.93 Å². The second-order valence-corrected chi connectivity index (χ2v) is 9.65. The van der Waals surface area contributed by atoms with E-state index in [1.54, 1.807) is 0 Å². The van der Waals surface area contributed by atoms with Gasteiger partial charge in [0, 0.05) is 37.5 Å². The van der Waals surface area contributed by atoms with Crippen LogP contribution in [0.1, 0.15) is 45.2 Å². The van der Waals surface area contributed by atoms with Crippen LogP contribution in [0.3, 0.4) is 0 Å². The highest BCUT2D eigenvalue weighted by Gasteiger charge is 2.47. The SMILES string of the molecule is CC(C)(C)[S@](=O)NC1c2ccccc2OC[C@@H]1C1(O)CCOCC1. The number of aliphatic hydroxyl groups is 1. The molecule has 1 saturated heterocycles. The molecule has 3 rings (SSSR count). The van der Waals surface area contributed by atoms with E-state index < -0.39 is 16.6 Å². The van der Waals surface area contributed by atoms with Crippen molar-refractivity contribution in [1.29, 1.82) is 0 Å². The van der Waals surface area contributed by atoms with Crippen LogP contribution in [-0.2, 0) is 15.7 Å². The van der Waals surface area contributed by atoms with Crippen molar-refractivity contribution in [1.82, 2.24) is 4.72 Å². The van der Waals surface area contributed by atoms with Gasteiger partial charge >= 0.3 is 0 Å². The lowest BCUT2D eigenvalue weighted by atomic mass is 9.74. The van der Waals surface area contributed by atoms with E-state index in [9.17, 15) is 9.32 Å². The van der Waals surface area contributed by atoms with E-state index >= 15 is 0 Å². The van der Waals surface area contributed by atoms with Gasteiger partial charge in [0.25, 0.3) is 0 Å². The number of benzene rings is 1. The molecule has 0 bridgehead atoms. The zero-order valence-corrected chi connectivity index (χ0v) is 15.4. The molecule has 2 aliphatic rings. The molecule has 0 radical (unpaired) electrons. The van der Waals surface area contributed by atoms with Gasteiger partial charge in [-0.15, -0.1) is 0 Å². The van der Waals surface area contributed by atoms with E-state index in [0.29, 0.717) is 32.7 Å². The molecule has 2 aliphatic heterocycles. The minimum absolute atomic E-state index is 0.164. The Morgan fingerprint density at radius 3 is 2.58 bits per heavy atom. The Morgan fingerprint density at radius 2 is 1.92 bits per heavy atom. The average molecular weight is 353 g/mol. The minimum atomic E-state index is -1.23. The molecule has 3 atom stereocenters. The molecule has 1 aromatic rings. The quantitative estimate of drug-likeness (QED) is 0.875. The molecule has 2 N–H and O–H groups in total. The molecule has 1 fully saturated rings. The van der Waals surface area contributed by atoms with Crippen LogP contribution in [-0.4, -0.2) is 39.5 Å². The predicted octanol–water partition coefficient (Wildman–Crippen LogP) is 2.33. The topological polar surface area (TPSA) is 67.8 Å². The van der Waals surface area contributed by atoms with Crippen molar-refractivity contribution in [3.63, 3.8) is 0 Å². The number of hydrogen-bond acceptors (Lipinski definition) is 4. The first-order chi connectivity index (χ1) is 11.3. The van der Waals surface area contributed by atoms with Gasteiger partial charge in [0.05, 0.1) is 34.0 Å². The molecule has 134 valence electrons. The summed E-state index contributed by atoms with van der Waals surface area (Å²) in [6.07, 6.45) is 1.15. The van der Waals surface area contributed by atoms with E-state index in [2.05, 4.69) is 4.72 Å². The van der Waals surface area contributed by atoms with E-state index in [-0.39, 0.29) is 16.7 Å². The van der Waals surface area contributed by atoms with Crippen molar-refractivity contribution in [2.75, 3.05) is 19.8 Å². The monoisotopic (exact) mass is 353 g/mol. The van der Waals surface area contributed by atoms with Gasteiger partial charge in [0.15, 0.2) is 0 Å².